The Balaban J connectivity index is 1.83. The predicted molar refractivity (Wildman–Crippen MR) is 74.1 cm³/mol. The summed E-state index contributed by atoms with van der Waals surface area (Å²) in [6.07, 6.45) is 12.3. The monoisotopic (exact) mass is 247 g/mol. The molecule has 0 saturated heterocycles. The van der Waals surface area contributed by atoms with Crippen molar-refractivity contribution in [1.29, 1.82) is 0 Å². The fourth-order valence-corrected chi connectivity index (χ4v) is 3.34. The van der Waals surface area contributed by atoms with E-state index >= 15 is 0 Å². The van der Waals surface area contributed by atoms with E-state index in [1.54, 1.807) is 6.33 Å². The van der Waals surface area contributed by atoms with Crippen LogP contribution in [0, 0.1) is 11.3 Å². The van der Waals surface area contributed by atoms with Gasteiger partial charge in [0.15, 0.2) is 0 Å². The molecule has 1 fully saturated rings. The largest absolute Gasteiger partial charge is 0.312 e. The first-order chi connectivity index (χ1) is 8.70. The third-order valence-electron chi connectivity index (χ3n) is 3.95. The minimum absolute atomic E-state index is 0.545. The van der Waals surface area contributed by atoms with Gasteiger partial charge in [0.2, 0.25) is 0 Å². The van der Waals surface area contributed by atoms with Gasteiger partial charge in [0, 0.05) is 31.0 Å². The number of rotatable bonds is 6. The molecule has 1 aromatic heterocycles. The third kappa shape index (κ3) is 3.77. The van der Waals surface area contributed by atoms with E-state index in [9.17, 15) is 0 Å². The Labute approximate surface area is 110 Å². The van der Waals surface area contributed by atoms with Crippen molar-refractivity contribution in [3.63, 3.8) is 0 Å². The zero-order valence-corrected chi connectivity index (χ0v) is 11.7. The molecule has 1 aliphatic rings. The lowest BCUT2D eigenvalue weighted by atomic mass is 9.78. The lowest BCUT2D eigenvalue weighted by Gasteiger charge is -2.31. The van der Waals surface area contributed by atoms with Gasteiger partial charge in [-0.2, -0.15) is 0 Å². The van der Waals surface area contributed by atoms with Gasteiger partial charge in [0.05, 0.1) is 0 Å². The summed E-state index contributed by atoms with van der Waals surface area (Å²) < 4.78 is 0. The molecule has 100 valence electrons. The van der Waals surface area contributed by atoms with Crippen LogP contribution in [0.15, 0.2) is 18.7 Å². The van der Waals surface area contributed by atoms with Crippen LogP contribution in [0.1, 0.15) is 51.5 Å². The number of aromatic nitrogens is 2. The summed E-state index contributed by atoms with van der Waals surface area (Å²) in [6.45, 7) is 6.71. The van der Waals surface area contributed by atoms with E-state index in [1.807, 2.05) is 12.4 Å². The Hall–Kier alpha value is -0.960. The Morgan fingerprint density at radius 3 is 2.50 bits per heavy atom. The van der Waals surface area contributed by atoms with Gasteiger partial charge >= 0.3 is 0 Å². The number of nitrogens with zero attached hydrogens (tertiary/aromatic N) is 2. The van der Waals surface area contributed by atoms with Gasteiger partial charge in [-0.25, -0.2) is 9.97 Å². The summed E-state index contributed by atoms with van der Waals surface area (Å²) in [5.41, 5.74) is 1.72. The van der Waals surface area contributed by atoms with Crippen molar-refractivity contribution >= 4 is 0 Å². The zero-order valence-electron chi connectivity index (χ0n) is 11.7. The third-order valence-corrected chi connectivity index (χ3v) is 3.95. The molecule has 0 bridgehead atoms. The van der Waals surface area contributed by atoms with E-state index in [2.05, 4.69) is 29.1 Å². The van der Waals surface area contributed by atoms with Gasteiger partial charge < -0.3 is 5.32 Å². The van der Waals surface area contributed by atoms with E-state index in [0.717, 1.165) is 19.0 Å². The average molecular weight is 247 g/mol. The molecule has 18 heavy (non-hydrogen) atoms. The first-order valence-electron chi connectivity index (χ1n) is 7.15. The molecule has 0 unspecified atom stereocenters. The van der Waals surface area contributed by atoms with Crippen LogP contribution >= 0.6 is 0 Å². The Morgan fingerprint density at radius 1 is 1.22 bits per heavy atom. The SMILES string of the molecule is CC(C)CC1(CNCc2cncnc2)CCCC1. The highest BCUT2D eigenvalue weighted by Crippen LogP contribution is 2.42. The summed E-state index contributed by atoms with van der Waals surface area (Å²) in [6, 6.07) is 0. The van der Waals surface area contributed by atoms with Crippen molar-refractivity contribution in [3.05, 3.63) is 24.3 Å². The molecule has 0 aromatic carbocycles. The molecule has 0 amide bonds. The van der Waals surface area contributed by atoms with Crippen LogP contribution in [-0.4, -0.2) is 16.5 Å². The second kappa shape index (κ2) is 6.28. The van der Waals surface area contributed by atoms with Gasteiger partial charge in [-0.3, -0.25) is 0 Å². The summed E-state index contributed by atoms with van der Waals surface area (Å²) in [4.78, 5) is 8.10. The second-order valence-electron chi connectivity index (χ2n) is 6.16. The normalized spacial score (nSPS) is 18.4. The highest BCUT2D eigenvalue weighted by Gasteiger charge is 2.33. The van der Waals surface area contributed by atoms with Crippen LogP contribution in [0.2, 0.25) is 0 Å². The van der Waals surface area contributed by atoms with Gasteiger partial charge in [-0.1, -0.05) is 26.7 Å². The second-order valence-corrected chi connectivity index (χ2v) is 6.16. The number of hydrogen-bond acceptors (Lipinski definition) is 3. The first kappa shape index (κ1) is 13.5. The predicted octanol–water partition coefficient (Wildman–Crippen LogP) is 3.17. The van der Waals surface area contributed by atoms with Crippen LogP contribution in [0.5, 0.6) is 0 Å². The Morgan fingerprint density at radius 2 is 1.89 bits per heavy atom. The summed E-state index contributed by atoms with van der Waals surface area (Å²) in [5, 5.41) is 3.61. The Kier molecular flexibility index (Phi) is 4.70. The van der Waals surface area contributed by atoms with E-state index in [1.165, 1.54) is 37.7 Å². The number of nitrogens with one attached hydrogen (secondary N) is 1. The zero-order chi connectivity index (χ0) is 12.8. The molecule has 1 aromatic rings. The molecular weight excluding hydrogens is 222 g/mol. The van der Waals surface area contributed by atoms with Crippen molar-refractivity contribution in [2.24, 2.45) is 11.3 Å². The van der Waals surface area contributed by atoms with Crippen molar-refractivity contribution in [1.82, 2.24) is 15.3 Å². The molecule has 0 radical (unpaired) electrons. The van der Waals surface area contributed by atoms with E-state index in [0.29, 0.717) is 5.41 Å². The van der Waals surface area contributed by atoms with Gasteiger partial charge in [-0.05, 0) is 30.6 Å². The van der Waals surface area contributed by atoms with Crippen molar-refractivity contribution < 1.29 is 0 Å². The van der Waals surface area contributed by atoms with Gasteiger partial charge in [-0.15, -0.1) is 0 Å². The molecule has 0 atom stereocenters. The van der Waals surface area contributed by atoms with Crippen LogP contribution < -0.4 is 5.32 Å². The summed E-state index contributed by atoms with van der Waals surface area (Å²) >= 11 is 0. The first-order valence-corrected chi connectivity index (χ1v) is 7.15. The molecule has 2 rings (SSSR count). The fourth-order valence-electron chi connectivity index (χ4n) is 3.34. The topological polar surface area (TPSA) is 37.8 Å². The molecule has 3 heteroatoms. The van der Waals surface area contributed by atoms with Crippen LogP contribution in [0.25, 0.3) is 0 Å². The molecule has 1 saturated carbocycles. The minimum Gasteiger partial charge on any atom is -0.312 e. The summed E-state index contributed by atoms with van der Waals surface area (Å²) in [5.74, 6) is 0.796. The molecule has 0 spiro atoms. The highest BCUT2D eigenvalue weighted by atomic mass is 14.9. The smallest absolute Gasteiger partial charge is 0.115 e. The Bertz CT molecular complexity index is 342. The van der Waals surface area contributed by atoms with Crippen LogP contribution in [-0.2, 0) is 6.54 Å². The minimum atomic E-state index is 0.545. The molecule has 1 heterocycles. The lowest BCUT2D eigenvalue weighted by Crippen LogP contribution is -2.33. The van der Waals surface area contributed by atoms with Gasteiger partial charge in [0.25, 0.3) is 0 Å². The molecule has 3 nitrogen and oxygen atoms in total. The molecule has 1 N–H and O–H groups in total. The summed E-state index contributed by atoms with van der Waals surface area (Å²) in [7, 11) is 0. The highest BCUT2D eigenvalue weighted by molar-refractivity contribution is 5.01. The molecular formula is C15H25N3. The maximum atomic E-state index is 4.05. The lowest BCUT2D eigenvalue weighted by molar-refractivity contribution is 0.223. The van der Waals surface area contributed by atoms with Crippen molar-refractivity contribution in [3.8, 4) is 0 Å². The maximum absolute atomic E-state index is 4.05. The standard InChI is InChI=1S/C15H25N3/c1-13(2)7-15(5-3-4-6-15)11-16-8-14-9-17-12-18-10-14/h9-10,12-13,16H,3-8,11H2,1-2H3. The van der Waals surface area contributed by atoms with E-state index < -0.39 is 0 Å². The number of hydrogen-bond donors (Lipinski definition) is 1. The van der Waals surface area contributed by atoms with E-state index in [4.69, 9.17) is 0 Å². The average Bonchev–Trinajstić information content (AvgIpc) is 2.78. The fraction of sp³-hybridized carbons (Fsp3) is 0.733. The maximum Gasteiger partial charge on any atom is 0.115 e. The molecule has 1 aliphatic carbocycles. The van der Waals surface area contributed by atoms with Gasteiger partial charge in [0.1, 0.15) is 6.33 Å². The van der Waals surface area contributed by atoms with Crippen LogP contribution in [0.3, 0.4) is 0 Å². The quantitative estimate of drug-likeness (QED) is 0.839. The van der Waals surface area contributed by atoms with Crippen molar-refractivity contribution in [2.45, 2.75) is 52.5 Å². The van der Waals surface area contributed by atoms with Crippen LogP contribution in [0.4, 0.5) is 0 Å². The van der Waals surface area contributed by atoms with Crippen molar-refractivity contribution in [2.75, 3.05) is 6.54 Å². The molecule has 0 aliphatic heterocycles. The van der Waals surface area contributed by atoms with E-state index in [-0.39, 0.29) is 0 Å².